The Kier molecular flexibility index (Phi) is 2.33. The lowest BCUT2D eigenvalue weighted by atomic mass is 9.98. The number of carboxylic acids is 1. The van der Waals surface area contributed by atoms with Crippen LogP contribution in [0.5, 0.6) is 5.75 Å². The minimum absolute atomic E-state index is 0.0825. The summed E-state index contributed by atoms with van der Waals surface area (Å²) in [4.78, 5) is 10.8. The maximum Gasteiger partial charge on any atom is 0.358 e. The van der Waals surface area contributed by atoms with Crippen LogP contribution in [0.3, 0.4) is 0 Å². The molecule has 0 saturated heterocycles. The third kappa shape index (κ3) is 1.55. The van der Waals surface area contributed by atoms with Gasteiger partial charge in [0, 0.05) is 23.6 Å². The first-order chi connectivity index (χ1) is 8.66. The smallest absolute Gasteiger partial charge is 0.358 e. The number of hydrogen-bond donors (Lipinski definition) is 1. The first-order valence-electron chi connectivity index (χ1n) is 5.62. The summed E-state index contributed by atoms with van der Waals surface area (Å²) in [5.41, 5.74) is 2.89. The number of carboxylic acid groups (broad SMARTS) is 1. The summed E-state index contributed by atoms with van der Waals surface area (Å²) in [6, 6.07) is 5.31. The molecule has 5 nitrogen and oxygen atoms in total. The molecule has 92 valence electrons. The number of fused-ring (bicyclic) bond motifs is 1. The highest BCUT2D eigenvalue weighted by atomic mass is 16.5. The fourth-order valence-corrected chi connectivity index (χ4v) is 2.23. The molecule has 1 aromatic carbocycles. The van der Waals surface area contributed by atoms with Crippen LogP contribution in [0.4, 0.5) is 0 Å². The molecule has 0 radical (unpaired) electrons. The Morgan fingerprint density at radius 2 is 2.28 bits per heavy atom. The lowest BCUT2D eigenvalue weighted by Gasteiger charge is -2.07. The molecule has 3 rings (SSSR count). The molecule has 5 heteroatoms. The summed E-state index contributed by atoms with van der Waals surface area (Å²) in [5.74, 6) is 0.225. The molecule has 1 aliphatic rings. The summed E-state index contributed by atoms with van der Waals surface area (Å²) >= 11 is 0. The highest BCUT2D eigenvalue weighted by Gasteiger charge is 2.22. The van der Waals surface area contributed by atoms with Gasteiger partial charge in [-0.05, 0) is 18.6 Å². The second-order valence-corrected chi connectivity index (χ2v) is 4.21. The van der Waals surface area contributed by atoms with Gasteiger partial charge in [0.25, 0.3) is 0 Å². The van der Waals surface area contributed by atoms with Gasteiger partial charge >= 0.3 is 5.97 Å². The number of hydrogen-bond acceptors (Lipinski definition) is 4. The number of nitrogens with zero attached hydrogens (tertiary/aromatic N) is 1. The topological polar surface area (TPSA) is 72.6 Å². The van der Waals surface area contributed by atoms with Crippen LogP contribution < -0.4 is 4.74 Å². The van der Waals surface area contributed by atoms with Crippen LogP contribution in [0.25, 0.3) is 11.3 Å². The fraction of sp³-hybridized carbons (Fsp3) is 0.231. The van der Waals surface area contributed by atoms with Crippen molar-refractivity contribution in [3.63, 3.8) is 0 Å². The fourth-order valence-electron chi connectivity index (χ4n) is 2.23. The summed E-state index contributed by atoms with van der Waals surface area (Å²) in [5, 5.41) is 12.4. The van der Waals surface area contributed by atoms with E-state index in [0.29, 0.717) is 12.4 Å². The lowest BCUT2D eigenvalue weighted by Crippen LogP contribution is -1.94. The van der Waals surface area contributed by atoms with Crippen LogP contribution in [0, 0.1) is 6.92 Å². The summed E-state index contributed by atoms with van der Waals surface area (Å²) in [6.45, 7) is 2.60. The van der Waals surface area contributed by atoms with E-state index in [1.807, 2.05) is 19.1 Å². The van der Waals surface area contributed by atoms with Crippen molar-refractivity contribution >= 4 is 5.97 Å². The van der Waals surface area contributed by atoms with Gasteiger partial charge in [-0.25, -0.2) is 4.79 Å². The molecule has 2 heterocycles. The van der Waals surface area contributed by atoms with Crippen molar-refractivity contribution in [1.29, 1.82) is 0 Å². The molecule has 0 unspecified atom stereocenters. The van der Waals surface area contributed by atoms with Gasteiger partial charge in [-0.1, -0.05) is 11.2 Å². The van der Waals surface area contributed by atoms with Gasteiger partial charge in [0.2, 0.25) is 0 Å². The molecule has 1 aromatic heterocycles. The average Bonchev–Trinajstić information content (AvgIpc) is 2.95. The quantitative estimate of drug-likeness (QED) is 0.878. The molecule has 2 aromatic rings. The Morgan fingerprint density at radius 3 is 3.00 bits per heavy atom. The van der Waals surface area contributed by atoms with Gasteiger partial charge in [-0.2, -0.15) is 0 Å². The van der Waals surface area contributed by atoms with Crippen LogP contribution in [-0.2, 0) is 6.42 Å². The molecule has 0 atom stereocenters. The van der Waals surface area contributed by atoms with E-state index in [1.165, 1.54) is 6.07 Å². The third-order valence-corrected chi connectivity index (χ3v) is 3.06. The summed E-state index contributed by atoms with van der Waals surface area (Å²) in [6.07, 6.45) is 0.801. The Labute approximate surface area is 103 Å². The number of carbonyl (C=O) groups is 1. The van der Waals surface area contributed by atoms with Gasteiger partial charge in [0.15, 0.2) is 11.5 Å². The molecule has 1 N–H and O–H groups in total. The molecular formula is C13H11NO4. The van der Waals surface area contributed by atoms with Crippen LogP contribution >= 0.6 is 0 Å². The van der Waals surface area contributed by atoms with Crippen molar-refractivity contribution in [2.75, 3.05) is 6.61 Å². The second-order valence-electron chi connectivity index (χ2n) is 4.21. The zero-order valence-corrected chi connectivity index (χ0v) is 9.77. The maximum atomic E-state index is 10.8. The van der Waals surface area contributed by atoms with Crippen molar-refractivity contribution < 1.29 is 19.2 Å². The van der Waals surface area contributed by atoms with Gasteiger partial charge in [-0.3, -0.25) is 0 Å². The van der Waals surface area contributed by atoms with Crippen LogP contribution in [0.15, 0.2) is 22.7 Å². The van der Waals surface area contributed by atoms with Crippen LogP contribution in [0.2, 0.25) is 0 Å². The zero-order valence-electron chi connectivity index (χ0n) is 9.77. The largest absolute Gasteiger partial charge is 0.493 e. The van der Waals surface area contributed by atoms with Crippen molar-refractivity contribution in [2.24, 2.45) is 0 Å². The minimum Gasteiger partial charge on any atom is -0.493 e. The van der Waals surface area contributed by atoms with E-state index in [0.717, 1.165) is 28.9 Å². The predicted molar refractivity (Wildman–Crippen MR) is 62.8 cm³/mol. The molecule has 0 saturated carbocycles. The number of ether oxygens (including phenoxy) is 1. The molecule has 0 spiro atoms. The normalized spacial score (nSPS) is 13.2. The summed E-state index contributed by atoms with van der Waals surface area (Å²) < 4.78 is 10.6. The van der Waals surface area contributed by atoms with Crippen LogP contribution in [0.1, 0.15) is 21.6 Å². The first-order valence-corrected chi connectivity index (χ1v) is 5.62. The predicted octanol–water partition coefficient (Wildman–Crippen LogP) is 2.28. The maximum absolute atomic E-state index is 10.8. The average molecular weight is 245 g/mol. The van der Waals surface area contributed by atoms with E-state index in [1.54, 1.807) is 0 Å². The zero-order chi connectivity index (χ0) is 12.7. The molecular weight excluding hydrogens is 234 g/mol. The molecule has 1 aliphatic heterocycles. The van der Waals surface area contributed by atoms with Crippen molar-refractivity contribution in [2.45, 2.75) is 13.3 Å². The molecule has 0 fully saturated rings. The van der Waals surface area contributed by atoms with Gasteiger partial charge < -0.3 is 14.4 Å². The number of aromatic carboxylic acids is 1. The van der Waals surface area contributed by atoms with E-state index in [2.05, 4.69) is 5.16 Å². The Bertz CT molecular complexity index is 630. The minimum atomic E-state index is -1.09. The highest BCUT2D eigenvalue weighted by Crippen LogP contribution is 2.37. The standard InChI is InChI=1S/C13H11NO4/c1-7-2-3-10-8(4-5-17-10)12(7)11-6-9(13(15)16)14-18-11/h2-3,6H,4-5H2,1H3,(H,15,16). The number of benzene rings is 1. The highest BCUT2D eigenvalue weighted by molar-refractivity contribution is 5.87. The van der Waals surface area contributed by atoms with E-state index >= 15 is 0 Å². The Hall–Kier alpha value is -2.30. The Balaban J connectivity index is 2.16. The molecule has 0 aliphatic carbocycles. The van der Waals surface area contributed by atoms with Gasteiger partial charge in [0.1, 0.15) is 5.75 Å². The van der Waals surface area contributed by atoms with Gasteiger partial charge in [0.05, 0.1) is 6.61 Å². The first kappa shape index (κ1) is 10.8. The van der Waals surface area contributed by atoms with E-state index < -0.39 is 5.97 Å². The van der Waals surface area contributed by atoms with E-state index in [-0.39, 0.29) is 5.69 Å². The van der Waals surface area contributed by atoms with E-state index in [9.17, 15) is 4.79 Å². The van der Waals surface area contributed by atoms with Crippen molar-refractivity contribution in [3.8, 4) is 17.1 Å². The van der Waals surface area contributed by atoms with Crippen molar-refractivity contribution in [1.82, 2.24) is 5.16 Å². The molecule has 18 heavy (non-hydrogen) atoms. The molecule has 0 bridgehead atoms. The SMILES string of the molecule is Cc1ccc2c(c1-c1cc(C(=O)O)no1)CCO2. The Morgan fingerprint density at radius 1 is 1.44 bits per heavy atom. The number of aryl methyl sites for hydroxylation is 1. The monoisotopic (exact) mass is 245 g/mol. The lowest BCUT2D eigenvalue weighted by molar-refractivity contribution is 0.0686. The summed E-state index contributed by atoms with van der Waals surface area (Å²) in [7, 11) is 0. The van der Waals surface area contributed by atoms with Crippen molar-refractivity contribution in [3.05, 3.63) is 35.0 Å². The third-order valence-electron chi connectivity index (χ3n) is 3.06. The van der Waals surface area contributed by atoms with E-state index in [4.69, 9.17) is 14.4 Å². The number of rotatable bonds is 2. The molecule has 0 amide bonds. The second kappa shape index (κ2) is 3.87. The van der Waals surface area contributed by atoms with Gasteiger partial charge in [-0.15, -0.1) is 0 Å². The number of aromatic nitrogens is 1. The van der Waals surface area contributed by atoms with Crippen LogP contribution in [-0.4, -0.2) is 22.8 Å².